The molecule has 0 saturated heterocycles. The SMILES string of the molecule is Cc1cc(NC(=O)c2ccc([N+](=O)[O-])o2)cnc1Cl. The molecule has 0 radical (unpaired) electrons. The number of nitrogens with one attached hydrogen (secondary N) is 1. The number of furan rings is 1. The van der Waals surface area contributed by atoms with Crippen LogP contribution in [0.3, 0.4) is 0 Å². The molecule has 1 amide bonds. The molecule has 0 unspecified atom stereocenters. The van der Waals surface area contributed by atoms with E-state index in [2.05, 4.69) is 10.3 Å². The molecule has 0 fully saturated rings. The maximum atomic E-state index is 11.8. The summed E-state index contributed by atoms with van der Waals surface area (Å²) in [5, 5.41) is 13.3. The Kier molecular flexibility index (Phi) is 3.48. The predicted octanol–water partition coefficient (Wildman–Crippen LogP) is 2.80. The summed E-state index contributed by atoms with van der Waals surface area (Å²) >= 11 is 5.76. The molecule has 2 aromatic heterocycles. The van der Waals surface area contributed by atoms with Crippen LogP contribution in [0, 0.1) is 17.0 Å². The molecule has 0 aromatic carbocycles. The molecule has 7 nitrogen and oxygen atoms in total. The highest BCUT2D eigenvalue weighted by Gasteiger charge is 2.17. The van der Waals surface area contributed by atoms with E-state index in [0.717, 1.165) is 6.07 Å². The Morgan fingerprint density at radius 1 is 1.53 bits per heavy atom. The van der Waals surface area contributed by atoms with E-state index >= 15 is 0 Å². The van der Waals surface area contributed by atoms with Crippen molar-refractivity contribution in [2.24, 2.45) is 0 Å². The number of anilines is 1. The number of aryl methyl sites for hydroxylation is 1. The van der Waals surface area contributed by atoms with Gasteiger partial charge in [0, 0.05) is 0 Å². The average Bonchev–Trinajstić information content (AvgIpc) is 2.83. The number of carbonyl (C=O) groups is 1. The molecule has 2 aromatic rings. The number of rotatable bonds is 3. The largest absolute Gasteiger partial charge is 0.433 e. The first-order valence-electron chi connectivity index (χ1n) is 5.15. The molecule has 0 aliphatic heterocycles. The number of pyridine rings is 1. The summed E-state index contributed by atoms with van der Waals surface area (Å²) in [6, 6.07) is 3.97. The fourth-order valence-corrected chi connectivity index (χ4v) is 1.47. The highest BCUT2D eigenvalue weighted by molar-refractivity contribution is 6.30. The fraction of sp³-hybridized carbons (Fsp3) is 0.0909. The molecule has 2 heterocycles. The van der Waals surface area contributed by atoms with Crippen molar-refractivity contribution in [2.45, 2.75) is 6.92 Å². The van der Waals surface area contributed by atoms with Gasteiger partial charge in [-0.2, -0.15) is 0 Å². The second-order valence-electron chi connectivity index (χ2n) is 3.68. The van der Waals surface area contributed by atoms with Gasteiger partial charge in [-0.1, -0.05) is 11.6 Å². The number of amides is 1. The second kappa shape index (κ2) is 5.07. The lowest BCUT2D eigenvalue weighted by atomic mass is 10.3. The van der Waals surface area contributed by atoms with Gasteiger partial charge in [-0.25, -0.2) is 4.98 Å². The molecular weight excluding hydrogens is 274 g/mol. The van der Waals surface area contributed by atoms with Gasteiger partial charge in [0.1, 0.15) is 10.1 Å². The Morgan fingerprint density at radius 3 is 2.84 bits per heavy atom. The normalized spacial score (nSPS) is 10.2. The third-order valence-electron chi connectivity index (χ3n) is 2.27. The zero-order valence-electron chi connectivity index (χ0n) is 9.71. The minimum absolute atomic E-state index is 0.153. The van der Waals surface area contributed by atoms with E-state index in [1.165, 1.54) is 12.3 Å². The molecule has 2 rings (SSSR count). The number of hydrogen-bond acceptors (Lipinski definition) is 5. The van der Waals surface area contributed by atoms with Crippen LogP contribution in [0.5, 0.6) is 0 Å². The first kappa shape index (κ1) is 13.0. The van der Waals surface area contributed by atoms with Crippen LogP contribution in [-0.4, -0.2) is 15.8 Å². The van der Waals surface area contributed by atoms with E-state index in [-0.39, 0.29) is 5.76 Å². The molecule has 98 valence electrons. The van der Waals surface area contributed by atoms with E-state index in [0.29, 0.717) is 16.4 Å². The van der Waals surface area contributed by atoms with Crippen LogP contribution < -0.4 is 5.32 Å². The molecule has 0 atom stereocenters. The summed E-state index contributed by atoms with van der Waals surface area (Å²) in [5.74, 6) is -1.24. The topological polar surface area (TPSA) is 98.3 Å². The standard InChI is InChI=1S/C11H8ClN3O4/c1-6-4-7(5-13-10(6)12)14-11(16)8-2-3-9(19-8)15(17)18/h2-5H,1H3,(H,14,16). The number of halogens is 1. The number of nitro groups is 1. The molecule has 0 aliphatic rings. The third-order valence-corrected chi connectivity index (χ3v) is 2.66. The highest BCUT2D eigenvalue weighted by Crippen LogP contribution is 2.19. The Balaban J connectivity index is 2.15. The molecule has 0 aliphatic carbocycles. The lowest BCUT2D eigenvalue weighted by molar-refractivity contribution is -0.402. The minimum Gasteiger partial charge on any atom is -0.395 e. The third kappa shape index (κ3) is 2.89. The van der Waals surface area contributed by atoms with Crippen molar-refractivity contribution in [3.63, 3.8) is 0 Å². The van der Waals surface area contributed by atoms with Crippen LogP contribution in [0.15, 0.2) is 28.8 Å². The van der Waals surface area contributed by atoms with Crippen molar-refractivity contribution in [2.75, 3.05) is 5.32 Å². The molecule has 0 saturated carbocycles. The summed E-state index contributed by atoms with van der Waals surface area (Å²) < 4.78 is 4.78. The van der Waals surface area contributed by atoms with Gasteiger partial charge in [-0.05, 0) is 24.6 Å². The Bertz CT molecular complexity index is 653. The molecule has 0 spiro atoms. The van der Waals surface area contributed by atoms with E-state index in [1.54, 1.807) is 13.0 Å². The van der Waals surface area contributed by atoms with Crippen molar-refractivity contribution < 1.29 is 14.1 Å². The quantitative estimate of drug-likeness (QED) is 0.530. The highest BCUT2D eigenvalue weighted by atomic mass is 35.5. The van der Waals surface area contributed by atoms with E-state index in [4.69, 9.17) is 16.0 Å². The second-order valence-corrected chi connectivity index (χ2v) is 4.04. The summed E-state index contributed by atoms with van der Waals surface area (Å²) in [4.78, 5) is 25.3. The summed E-state index contributed by atoms with van der Waals surface area (Å²) in [7, 11) is 0. The maximum absolute atomic E-state index is 11.8. The van der Waals surface area contributed by atoms with Crippen LogP contribution in [0.4, 0.5) is 11.6 Å². The summed E-state index contributed by atoms with van der Waals surface area (Å²) in [6.45, 7) is 1.74. The van der Waals surface area contributed by atoms with Crippen molar-refractivity contribution in [1.29, 1.82) is 0 Å². The van der Waals surface area contributed by atoms with Crippen LogP contribution in [0.25, 0.3) is 0 Å². The van der Waals surface area contributed by atoms with Crippen molar-refractivity contribution >= 4 is 29.1 Å². The van der Waals surface area contributed by atoms with Gasteiger partial charge in [-0.15, -0.1) is 0 Å². The Labute approximate surface area is 112 Å². The number of aromatic nitrogens is 1. The molecule has 1 N–H and O–H groups in total. The zero-order chi connectivity index (χ0) is 14.0. The van der Waals surface area contributed by atoms with Gasteiger partial charge in [0.25, 0.3) is 5.91 Å². The van der Waals surface area contributed by atoms with Gasteiger partial charge in [-0.3, -0.25) is 14.9 Å². The first-order valence-corrected chi connectivity index (χ1v) is 5.53. The summed E-state index contributed by atoms with van der Waals surface area (Å²) in [5.41, 5.74) is 1.12. The van der Waals surface area contributed by atoms with E-state index < -0.39 is 16.7 Å². The van der Waals surface area contributed by atoms with E-state index in [1.807, 2.05) is 0 Å². The lowest BCUT2D eigenvalue weighted by Crippen LogP contribution is -2.11. The van der Waals surface area contributed by atoms with Crippen LogP contribution in [0.2, 0.25) is 5.15 Å². The monoisotopic (exact) mass is 281 g/mol. The smallest absolute Gasteiger partial charge is 0.395 e. The number of hydrogen-bond donors (Lipinski definition) is 1. The van der Waals surface area contributed by atoms with Crippen LogP contribution in [0.1, 0.15) is 16.1 Å². The van der Waals surface area contributed by atoms with Crippen molar-refractivity contribution in [1.82, 2.24) is 4.98 Å². The first-order chi connectivity index (χ1) is 8.97. The summed E-state index contributed by atoms with van der Waals surface area (Å²) in [6.07, 6.45) is 1.38. The minimum atomic E-state index is -0.717. The lowest BCUT2D eigenvalue weighted by Gasteiger charge is -2.04. The Hall–Kier alpha value is -2.41. The van der Waals surface area contributed by atoms with Gasteiger partial charge in [0.15, 0.2) is 5.76 Å². The van der Waals surface area contributed by atoms with Crippen molar-refractivity contribution in [3.8, 4) is 0 Å². The molecule has 0 bridgehead atoms. The Morgan fingerprint density at radius 2 is 2.26 bits per heavy atom. The predicted molar refractivity (Wildman–Crippen MR) is 67.3 cm³/mol. The number of carbonyl (C=O) groups excluding carboxylic acids is 1. The van der Waals surface area contributed by atoms with Gasteiger partial charge in [0.2, 0.25) is 0 Å². The van der Waals surface area contributed by atoms with Gasteiger partial charge >= 0.3 is 5.88 Å². The fourth-order valence-electron chi connectivity index (χ4n) is 1.37. The van der Waals surface area contributed by atoms with Crippen LogP contribution in [-0.2, 0) is 0 Å². The molecule has 19 heavy (non-hydrogen) atoms. The van der Waals surface area contributed by atoms with Crippen molar-refractivity contribution in [3.05, 3.63) is 51.0 Å². The zero-order valence-corrected chi connectivity index (χ0v) is 10.5. The maximum Gasteiger partial charge on any atom is 0.433 e. The molecule has 8 heteroatoms. The van der Waals surface area contributed by atoms with Crippen LogP contribution >= 0.6 is 11.6 Å². The van der Waals surface area contributed by atoms with E-state index in [9.17, 15) is 14.9 Å². The average molecular weight is 282 g/mol. The molecular formula is C11H8ClN3O4. The van der Waals surface area contributed by atoms with Gasteiger partial charge in [0.05, 0.1) is 18.0 Å². The number of nitrogens with zero attached hydrogens (tertiary/aromatic N) is 2. The van der Waals surface area contributed by atoms with Gasteiger partial charge < -0.3 is 9.73 Å².